The molecule has 0 radical (unpaired) electrons. The molecule has 0 fully saturated rings. The molecule has 0 aliphatic rings. The first-order valence-electron chi connectivity index (χ1n) is 6.74. The van der Waals surface area contributed by atoms with Gasteiger partial charge >= 0.3 is 0 Å². The minimum absolute atomic E-state index is 0.0222. The van der Waals surface area contributed by atoms with Crippen LogP contribution in [0.2, 0.25) is 0 Å². The number of nitrogens with two attached hydrogens (primary N) is 1. The molecule has 23 heavy (non-hydrogen) atoms. The number of nitrogen functional groups attached to an aromatic ring is 1. The van der Waals surface area contributed by atoms with Gasteiger partial charge in [0.15, 0.2) is 5.82 Å². The van der Waals surface area contributed by atoms with Gasteiger partial charge in [0.25, 0.3) is 0 Å². The summed E-state index contributed by atoms with van der Waals surface area (Å²) in [5.74, 6) is 0.987. The van der Waals surface area contributed by atoms with E-state index in [2.05, 4.69) is 20.3 Å². The summed E-state index contributed by atoms with van der Waals surface area (Å²) in [7, 11) is 0. The predicted molar refractivity (Wildman–Crippen MR) is 86.2 cm³/mol. The maximum absolute atomic E-state index is 9.33. The van der Waals surface area contributed by atoms with Gasteiger partial charge in [0, 0.05) is 11.8 Å². The van der Waals surface area contributed by atoms with E-state index in [1.807, 2.05) is 36.4 Å². The van der Waals surface area contributed by atoms with Crippen LogP contribution in [0.4, 0.5) is 17.6 Å². The van der Waals surface area contributed by atoms with Crippen LogP contribution in [0.1, 0.15) is 11.6 Å². The maximum Gasteiger partial charge on any atom is 0.232 e. The van der Waals surface area contributed by atoms with Gasteiger partial charge in [0.2, 0.25) is 11.9 Å². The van der Waals surface area contributed by atoms with Crippen molar-refractivity contribution in [3.05, 3.63) is 60.3 Å². The van der Waals surface area contributed by atoms with Crippen LogP contribution in [0.25, 0.3) is 11.6 Å². The summed E-state index contributed by atoms with van der Waals surface area (Å²) < 4.78 is 5.20. The van der Waals surface area contributed by atoms with Crippen molar-refractivity contribution < 1.29 is 4.42 Å². The molecule has 0 saturated carbocycles. The molecule has 1 aromatic carbocycles. The molecule has 0 amide bonds. The van der Waals surface area contributed by atoms with Gasteiger partial charge in [0.1, 0.15) is 17.4 Å². The average molecular weight is 304 g/mol. The number of rotatable bonds is 4. The minimum atomic E-state index is 0.0222. The first kappa shape index (κ1) is 14.3. The molecular weight excluding hydrogens is 292 g/mol. The monoisotopic (exact) mass is 304 g/mol. The molecule has 0 atom stereocenters. The van der Waals surface area contributed by atoms with Gasteiger partial charge in [-0.1, -0.05) is 18.2 Å². The van der Waals surface area contributed by atoms with Gasteiger partial charge in [-0.3, -0.25) is 0 Å². The fourth-order valence-corrected chi connectivity index (χ4v) is 1.88. The number of nitriles is 1. The van der Waals surface area contributed by atoms with E-state index >= 15 is 0 Å². The summed E-state index contributed by atoms with van der Waals surface area (Å²) in [4.78, 5) is 12.3. The molecule has 3 N–H and O–H groups in total. The molecule has 0 aliphatic carbocycles. The lowest BCUT2D eigenvalue weighted by Crippen LogP contribution is -2.06. The van der Waals surface area contributed by atoms with Gasteiger partial charge in [-0.2, -0.15) is 20.2 Å². The smallest absolute Gasteiger partial charge is 0.232 e. The summed E-state index contributed by atoms with van der Waals surface area (Å²) in [6, 6.07) is 14.9. The van der Waals surface area contributed by atoms with Crippen molar-refractivity contribution in [1.29, 1.82) is 5.26 Å². The van der Waals surface area contributed by atoms with E-state index in [0.29, 0.717) is 5.76 Å². The Morgan fingerprint density at radius 2 is 1.96 bits per heavy atom. The second-order valence-corrected chi connectivity index (χ2v) is 4.52. The number of furan rings is 1. The number of aromatic nitrogens is 3. The van der Waals surface area contributed by atoms with Gasteiger partial charge < -0.3 is 15.5 Å². The fraction of sp³-hybridized carbons (Fsp3) is 0. The molecule has 3 rings (SSSR count). The number of nitrogens with one attached hydrogen (secondary N) is 1. The summed E-state index contributed by atoms with van der Waals surface area (Å²) in [5, 5.41) is 12.3. The molecule has 3 aromatic rings. The highest BCUT2D eigenvalue weighted by Crippen LogP contribution is 2.18. The van der Waals surface area contributed by atoms with Crippen molar-refractivity contribution in [2.75, 3.05) is 11.1 Å². The van der Waals surface area contributed by atoms with Crippen LogP contribution in [0.5, 0.6) is 0 Å². The zero-order chi connectivity index (χ0) is 16.1. The Morgan fingerprint density at radius 1 is 1.13 bits per heavy atom. The number of nitrogens with zero attached hydrogens (tertiary/aromatic N) is 4. The molecule has 0 unspecified atom stereocenters. The molecule has 7 heteroatoms. The largest absolute Gasteiger partial charge is 0.465 e. The van der Waals surface area contributed by atoms with E-state index in [-0.39, 0.29) is 23.3 Å². The lowest BCUT2D eigenvalue weighted by atomic mass is 10.2. The Bertz CT molecular complexity index is 865. The predicted octanol–water partition coefficient (Wildman–Crippen LogP) is 2.85. The van der Waals surface area contributed by atoms with Crippen LogP contribution >= 0.6 is 0 Å². The zero-order valence-corrected chi connectivity index (χ0v) is 12.0. The van der Waals surface area contributed by atoms with Crippen molar-refractivity contribution in [3.63, 3.8) is 0 Å². The van der Waals surface area contributed by atoms with Crippen LogP contribution in [-0.2, 0) is 0 Å². The maximum atomic E-state index is 9.33. The van der Waals surface area contributed by atoms with E-state index in [4.69, 9.17) is 10.2 Å². The molecule has 0 bridgehead atoms. The number of hydrogen-bond acceptors (Lipinski definition) is 7. The van der Waals surface area contributed by atoms with Crippen LogP contribution in [0, 0.1) is 11.3 Å². The van der Waals surface area contributed by atoms with E-state index in [1.165, 1.54) is 6.26 Å². The number of allylic oxidation sites excluding steroid dienone is 1. The highest BCUT2D eigenvalue weighted by molar-refractivity contribution is 5.86. The van der Waals surface area contributed by atoms with Crippen molar-refractivity contribution in [3.8, 4) is 6.07 Å². The molecule has 7 nitrogen and oxygen atoms in total. The lowest BCUT2D eigenvalue weighted by Gasteiger charge is -2.06. The number of anilines is 3. The molecule has 0 saturated heterocycles. The van der Waals surface area contributed by atoms with Crippen LogP contribution in [0.15, 0.2) is 53.1 Å². The van der Waals surface area contributed by atoms with E-state index in [1.54, 1.807) is 18.2 Å². The molecule has 2 aromatic heterocycles. The minimum Gasteiger partial charge on any atom is -0.465 e. The number of hydrogen-bond donors (Lipinski definition) is 2. The topological polar surface area (TPSA) is 114 Å². The first-order valence-corrected chi connectivity index (χ1v) is 6.74. The third-order valence-electron chi connectivity index (χ3n) is 2.87. The molecular formula is C16H12N6O. The van der Waals surface area contributed by atoms with Gasteiger partial charge in [-0.05, 0) is 24.3 Å². The third kappa shape index (κ3) is 3.51. The Morgan fingerprint density at radius 3 is 2.65 bits per heavy atom. The van der Waals surface area contributed by atoms with Crippen LogP contribution < -0.4 is 11.1 Å². The van der Waals surface area contributed by atoms with Crippen molar-refractivity contribution >= 4 is 29.2 Å². The van der Waals surface area contributed by atoms with E-state index in [0.717, 1.165) is 5.69 Å². The highest BCUT2D eigenvalue weighted by Gasteiger charge is 2.10. The van der Waals surface area contributed by atoms with Crippen molar-refractivity contribution in [1.82, 2.24) is 15.0 Å². The van der Waals surface area contributed by atoms with Crippen molar-refractivity contribution in [2.24, 2.45) is 0 Å². The van der Waals surface area contributed by atoms with Crippen LogP contribution in [0.3, 0.4) is 0 Å². The zero-order valence-electron chi connectivity index (χ0n) is 12.0. The van der Waals surface area contributed by atoms with Gasteiger partial charge in [0.05, 0.1) is 6.26 Å². The Labute approximate surface area is 132 Å². The SMILES string of the molecule is N#C/C(=C/c1ccco1)c1nc(N)nc(Nc2ccccc2)n1. The first-order chi connectivity index (χ1) is 11.2. The molecule has 0 aliphatic heterocycles. The lowest BCUT2D eigenvalue weighted by molar-refractivity contribution is 0.557. The normalized spacial score (nSPS) is 11.0. The number of benzene rings is 1. The second-order valence-electron chi connectivity index (χ2n) is 4.52. The quantitative estimate of drug-likeness (QED) is 0.712. The highest BCUT2D eigenvalue weighted by atomic mass is 16.3. The summed E-state index contributed by atoms with van der Waals surface area (Å²) in [6.45, 7) is 0. The molecule has 2 heterocycles. The standard InChI is InChI=1S/C16H12N6O/c17-10-11(9-13-7-4-8-23-13)14-20-15(18)22-16(21-14)19-12-5-2-1-3-6-12/h1-9H,(H3,18,19,20,21,22)/b11-9-. The van der Waals surface area contributed by atoms with Crippen LogP contribution in [-0.4, -0.2) is 15.0 Å². The summed E-state index contributed by atoms with van der Waals surface area (Å²) >= 11 is 0. The Hall–Kier alpha value is -3.66. The van der Waals surface area contributed by atoms with Gasteiger partial charge in [-0.25, -0.2) is 0 Å². The van der Waals surface area contributed by atoms with Gasteiger partial charge in [-0.15, -0.1) is 0 Å². The van der Waals surface area contributed by atoms with Crippen molar-refractivity contribution in [2.45, 2.75) is 0 Å². The number of para-hydroxylation sites is 1. The Balaban J connectivity index is 1.95. The third-order valence-corrected chi connectivity index (χ3v) is 2.87. The fourth-order valence-electron chi connectivity index (χ4n) is 1.88. The summed E-state index contributed by atoms with van der Waals surface area (Å²) in [5.41, 5.74) is 6.75. The van der Waals surface area contributed by atoms with E-state index in [9.17, 15) is 5.26 Å². The van der Waals surface area contributed by atoms with E-state index < -0.39 is 0 Å². The summed E-state index contributed by atoms with van der Waals surface area (Å²) in [6.07, 6.45) is 3.06. The average Bonchev–Trinajstić information content (AvgIpc) is 3.06. The molecule has 0 spiro atoms. The Kier molecular flexibility index (Phi) is 3.98. The second kappa shape index (κ2) is 6.41. The molecule has 112 valence electrons.